The molecule has 0 unspecified atom stereocenters. The van der Waals surface area contributed by atoms with Gasteiger partial charge in [-0.3, -0.25) is 9.59 Å². The van der Waals surface area contributed by atoms with Gasteiger partial charge in [-0.1, -0.05) is 53.4 Å². The third-order valence-corrected chi connectivity index (χ3v) is 11.7. The minimum Gasteiger partial charge on any atom is -0.469 e. The van der Waals surface area contributed by atoms with Gasteiger partial charge >= 0.3 is 5.97 Å². The first-order valence-corrected chi connectivity index (χ1v) is 16.8. The van der Waals surface area contributed by atoms with Crippen LogP contribution in [-0.2, 0) is 21.4 Å². The first kappa shape index (κ1) is 27.6. The number of carbonyl (C=O) groups excluding carboxylic acids is 1. The highest BCUT2D eigenvalue weighted by Crippen LogP contribution is 2.52. The molecule has 3 fully saturated rings. The van der Waals surface area contributed by atoms with Crippen LogP contribution in [0.5, 0.6) is 0 Å². The van der Waals surface area contributed by atoms with Gasteiger partial charge in [0.25, 0.3) is 5.56 Å². The maximum Gasteiger partial charge on any atom is 0.308 e. The lowest BCUT2D eigenvalue weighted by Gasteiger charge is -2.36. The number of aromatic nitrogens is 2. The first-order chi connectivity index (χ1) is 20.0. The third-order valence-electron chi connectivity index (χ3n) is 11.0. The third kappa shape index (κ3) is 4.75. The molecule has 2 aromatic rings. The highest BCUT2D eigenvalue weighted by molar-refractivity contribution is 9.15. The quantitative estimate of drug-likeness (QED) is 0.359. The van der Waals surface area contributed by atoms with E-state index in [0.29, 0.717) is 11.8 Å². The largest absolute Gasteiger partial charge is 0.469 e. The Morgan fingerprint density at radius 3 is 2.56 bits per heavy atom. The molecule has 7 heteroatoms. The van der Waals surface area contributed by atoms with Crippen LogP contribution in [0.3, 0.4) is 0 Å². The van der Waals surface area contributed by atoms with Crippen molar-refractivity contribution >= 4 is 26.4 Å². The summed E-state index contributed by atoms with van der Waals surface area (Å²) in [5.41, 5.74) is 5.84. The Hall–Kier alpha value is -2.25. The summed E-state index contributed by atoms with van der Waals surface area (Å²) in [6, 6.07) is 7.27. The molecule has 1 saturated heterocycles. The van der Waals surface area contributed by atoms with Crippen molar-refractivity contribution < 1.29 is 9.53 Å². The summed E-state index contributed by atoms with van der Waals surface area (Å²) in [5.74, 6) is 2.35. The Kier molecular flexibility index (Phi) is 7.47. The van der Waals surface area contributed by atoms with Crippen LogP contribution in [0.1, 0.15) is 111 Å². The fraction of sp³-hybridized carbons (Fsp3) is 0.618. The van der Waals surface area contributed by atoms with Crippen molar-refractivity contribution in [3.8, 4) is 5.69 Å². The summed E-state index contributed by atoms with van der Waals surface area (Å²) in [7, 11) is 1.51. The number of piperidine rings is 1. The average Bonchev–Trinajstić information content (AvgIpc) is 3.26. The van der Waals surface area contributed by atoms with Crippen molar-refractivity contribution in [1.82, 2.24) is 14.5 Å². The van der Waals surface area contributed by atoms with Crippen LogP contribution in [0.25, 0.3) is 10.2 Å². The molecule has 3 aliphatic carbocycles. The van der Waals surface area contributed by atoms with E-state index in [9.17, 15) is 9.59 Å². The second-order valence-corrected chi connectivity index (χ2v) is 14.1. The van der Waals surface area contributed by atoms with Crippen LogP contribution >= 0.6 is 15.9 Å². The molecule has 0 bridgehead atoms. The van der Waals surface area contributed by atoms with E-state index < -0.39 is 0 Å². The van der Waals surface area contributed by atoms with E-state index in [1.165, 1.54) is 56.0 Å². The number of fused-ring (bicyclic) bond motifs is 7. The summed E-state index contributed by atoms with van der Waals surface area (Å²) < 4.78 is 8.29. The zero-order valence-corrected chi connectivity index (χ0v) is 25.9. The number of hydrogen-bond acceptors (Lipinski definition) is 5. The van der Waals surface area contributed by atoms with Crippen LogP contribution in [0.15, 0.2) is 29.1 Å². The maximum atomic E-state index is 13.3. The fourth-order valence-electron chi connectivity index (χ4n) is 8.78. The molecule has 0 amide bonds. The molecule has 0 atom stereocenters. The minimum atomic E-state index is -0.121. The van der Waals surface area contributed by atoms with E-state index >= 15 is 0 Å². The maximum absolute atomic E-state index is 13.3. The van der Waals surface area contributed by atoms with Crippen LogP contribution in [0.4, 0.5) is 0 Å². The Bertz CT molecular complexity index is 1420. The lowest BCUT2D eigenvalue weighted by Crippen LogP contribution is -2.38. The first-order valence-electron chi connectivity index (χ1n) is 16.0. The topological polar surface area (TPSA) is 64.4 Å². The number of esters is 1. The van der Waals surface area contributed by atoms with Gasteiger partial charge in [0.2, 0.25) is 0 Å². The molecule has 7 rings (SSSR count). The van der Waals surface area contributed by atoms with E-state index in [4.69, 9.17) is 9.72 Å². The van der Waals surface area contributed by atoms with Crippen molar-refractivity contribution in [3.05, 3.63) is 62.8 Å². The number of allylic oxidation sites excluding steroid dienone is 1. The number of carbonyl (C=O) groups is 1. The van der Waals surface area contributed by atoms with Crippen LogP contribution in [-0.4, -0.2) is 47.2 Å². The van der Waals surface area contributed by atoms with E-state index in [1.807, 2.05) is 0 Å². The molecular formula is C34H42BrN3O3. The molecule has 1 aromatic carbocycles. The number of nitrogens with zero attached hydrogens (tertiary/aromatic N) is 3. The Labute approximate surface area is 251 Å². The summed E-state index contributed by atoms with van der Waals surface area (Å²) in [6.07, 6.45) is 16.4. The second kappa shape index (κ2) is 11.1. The van der Waals surface area contributed by atoms with Crippen molar-refractivity contribution in [3.63, 3.8) is 0 Å². The average molecular weight is 621 g/mol. The molecule has 3 heterocycles. The molecular weight excluding hydrogens is 578 g/mol. The van der Waals surface area contributed by atoms with Gasteiger partial charge in [0, 0.05) is 16.7 Å². The van der Waals surface area contributed by atoms with Gasteiger partial charge in [-0.25, -0.2) is 0 Å². The number of likely N-dealkylation sites (tertiary alicyclic amines) is 1. The number of benzene rings is 1. The molecule has 1 aromatic heterocycles. The molecule has 5 aliphatic rings. The van der Waals surface area contributed by atoms with Gasteiger partial charge in [-0.15, -0.1) is 0 Å². The van der Waals surface area contributed by atoms with Crippen molar-refractivity contribution in [1.29, 1.82) is 0 Å². The zero-order chi connectivity index (χ0) is 28.1. The SMILES string of the molecule is COC(=O)C1CCC(CN2CCC(c3ccc4c(c3)-n3c(nc(=O)c5c3CCC=C5Br)C43CCCCC3)CC2)CC1. The highest BCUT2D eigenvalue weighted by Gasteiger charge is 2.47. The Balaban J connectivity index is 1.12. The lowest BCUT2D eigenvalue weighted by molar-refractivity contribution is -0.146. The Morgan fingerprint density at radius 1 is 1.07 bits per heavy atom. The van der Waals surface area contributed by atoms with Crippen molar-refractivity contribution in [2.24, 2.45) is 11.8 Å². The van der Waals surface area contributed by atoms with E-state index in [1.54, 1.807) is 0 Å². The molecule has 0 N–H and O–H groups in total. The summed E-state index contributed by atoms with van der Waals surface area (Å²) in [5, 5.41) is 0. The number of ether oxygens (including phenoxy) is 1. The Morgan fingerprint density at radius 2 is 1.83 bits per heavy atom. The predicted octanol–water partition coefficient (Wildman–Crippen LogP) is 6.64. The molecule has 2 saturated carbocycles. The number of hydrogen-bond donors (Lipinski definition) is 0. The summed E-state index contributed by atoms with van der Waals surface area (Å²) in [6.45, 7) is 3.44. The van der Waals surface area contributed by atoms with Gasteiger partial charge in [0.05, 0.1) is 29.7 Å². The number of halogens is 1. The van der Waals surface area contributed by atoms with Crippen LogP contribution in [0.2, 0.25) is 0 Å². The molecule has 41 heavy (non-hydrogen) atoms. The summed E-state index contributed by atoms with van der Waals surface area (Å²) >= 11 is 3.69. The van der Waals surface area contributed by atoms with Gasteiger partial charge in [0.15, 0.2) is 0 Å². The smallest absolute Gasteiger partial charge is 0.308 e. The minimum absolute atomic E-state index is 0.0253. The van der Waals surface area contributed by atoms with Crippen LogP contribution in [0, 0.1) is 11.8 Å². The molecule has 1 spiro atoms. The van der Waals surface area contributed by atoms with Crippen LogP contribution < -0.4 is 5.56 Å². The molecule has 6 nitrogen and oxygen atoms in total. The highest BCUT2D eigenvalue weighted by atomic mass is 79.9. The standard InChI is InChI=1S/C34H42BrN3O3/c1-41-32(40)24-10-8-22(9-11-24)21-37-18-14-23(15-19-37)25-12-13-26-29(20-25)38-28-7-5-6-27(35)30(28)31(39)36-33(38)34(26)16-3-2-4-17-34/h6,12-13,20,22-24H,2-5,7-11,14-19,21H2,1H3. The lowest BCUT2D eigenvalue weighted by atomic mass is 9.69. The van der Waals surface area contributed by atoms with Crippen molar-refractivity contribution in [2.45, 2.75) is 94.8 Å². The van der Waals surface area contributed by atoms with Gasteiger partial charge in [-0.05, 0) is 106 Å². The van der Waals surface area contributed by atoms with Gasteiger partial charge in [0.1, 0.15) is 5.82 Å². The van der Waals surface area contributed by atoms with Crippen molar-refractivity contribution in [2.75, 3.05) is 26.7 Å². The zero-order valence-electron chi connectivity index (χ0n) is 24.3. The molecule has 0 radical (unpaired) electrons. The van der Waals surface area contributed by atoms with Gasteiger partial charge < -0.3 is 14.2 Å². The van der Waals surface area contributed by atoms with E-state index in [0.717, 1.165) is 92.6 Å². The van der Waals surface area contributed by atoms with E-state index in [2.05, 4.69) is 49.7 Å². The molecule has 2 aliphatic heterocycles. The fourth-order valence-corrected chi connectivity index (χ4v) is 9.41. The van der Waals surface area contributed by atoms with Gasteiger partial charge in [-0.2, -0.15) is 4.98 Å². The monoisotopic (exact) mass is 619 g/mol. The number of methoxy groups -OCH3 is 1. The summed E-state index contributed by atoms with van der Waals surface area (Å²) in [4.78, 5) is 32.7. The predicted molar refractivity (Wildman–Crippen MR) is 165 cm³/mol. The molecule has 218 valence electrons. The second-order valence-electron chi connectivity index (χ2n) is 13.2. The van der Waals surface area contributed by atoms with E-state index in [-0.39, 0.29) is 22.9 Å². The number of rotatable bonds is 4. The normalized spacial score (nSPS) is 25.8.